The molecule has 0 unspecified atom stereocenters. The number of aromatic nitrogens is 2. The second kappa shape index (κ2) is 8.70. The summed E-state index contributed by atoms with van der Waals surface area (Å²) in [6.45, 7) is 3.53. The van der Waals surface area contributed by atoms with Crippen molar-refractivity contribution >= 4 is 21.6 Å². The average Bonchev–Trinajstić information content (AvgIpc) is 3.20. The van der Waals surface area contributed by atoms with Gasteiger partial charge >= 0.3 is 0 Å². The largest absolute Gasteiger partial charge is 0.350 e. The number of rotatable bonds is 7. The summed E-state index contributed by atoms with van der Waals surface area (Å²) in [5, 5.41) is 17.9. The van der Waals surface area contributed by atoms with E-state index in [4.69, 9.17) is 0 Å². The van der Waals surface area contributed by atoms with Crippen molar-refractivity contribution < 1.29 is 18.1 Å². The topological polar surface area (TPSA) is 127 Å². The van der Waals surface area contributed by atoms with Crippen molar-refractivity contribution in [3.63, 3.8) is 0 Å². The molecular formula is C18H23N5O5S. The van der Waals surface area contributed by atoms with Crippen LogP contribution in [-0.4, -0.2) is 46.4 Å². The Morgan fingerprint density at radius 2 is 1.90 bits per heavy atom. The van der Waals surface area contributed by atoms with E-state index in [1.807, 2.05) is 19.2 Å². The van der Waals surface area contributed by atoms with Gasteiger partial charge in [-0.3, -0.25) is 19.6 Å². The molecule has 1 N–H and O–H groups in total. The van der Waals surface area contributed by atoms with Crippen LogP contribution in [-0.2, 0) is 27.9 Å². The van der Waals surface area contributed by atoms with Crippen molar-refractivity contribution in [2.75, 3.05) is 13.1 Å². The Hall–Kier alpha value is -2.79. The highest BCUT2D eigenvalue weighted by molar-refractivity contribution is 7.89. The third-order valence-electron chi connectivity index (χ3n) is 4.97. The molecular weight excluding hydrogens is 398 g/mol. The summed E-state index contributed by atoms with van der Waals surface area (Å²) in [4.78, 5) is 22.6. The van der Waals surface area contributed by atoms with E-state index in [9.17, 15) is 23.3 Å². The lowest BCUT2D eigenvalue weighted by Crippen LogP contribution is -2.42. The average molecular weight is 421 g/mol. The maximum absolute atomic E-state index is 12.7. The first-order valence-corrected chi connectivity index (χ1v) is 10.8. The molecule has 1 aromatic carbocycles. The van der Waals surface area contributed by atoms with Gasteiger partial charge in [0.05, 0.1) is 22.1 Å². The number of non-ortho nitro benzene ring substituents is 1. The van der Waals surface area contributed by atoms with Crippen molar-refractivity contribution in [1.29, 1.82) is 0 Å². The molecule has 0 atom stereocenters. The SMILES string of the molecule is CCn1ccc(CNC(=O)C2CCN(S(=O)(=O)c3ccc([N+](=O)[O-])cc3)CC2)n1. The molecule has 3 rings (SSSR count). The van der Waals surface area contributed by atoms with Gasteiger partial charge < -0.3 is 5.32 Å². The van der Waals surface area contributed by atoms with Crippen LogP contribution in [0.4, 0.5) is 5.69 Å². The highest BCUT2D eigenvalue weighted by Crippen LogP contribution is 2.25. The first-order valence-electron chi connectivity index (χ1n) is 9.36. The van der Waals surface area contributed by atoms with E-state index in [1.54, 1.807) is 4.68 Å². The minimum absolute atomic E-state index is 0.0116. The Morgan fingerprint density at radius 3 is 2.45 bits per heavy atom. The molecule has 1 aromatic heterocycles. The van der Waals surface area contributed by atoms with Crippen molar-refractivity contribution in [1.82, 2.24) is 19.4 Å². The zero-order valence-corrected chi connectivity index (χ0v) is 16.8. The molecule has 1 aliphatic rings. The summed E-state index contributed by atoms with van der Waals surface area (Å²) in [6, 6.07) is 6.67. The number of nitro groups is 1. The molecule has 1 fully saturated rings. The monoisotopic (exact) mass is 421 g/mol. The van der Waals surface area contributed by atoms with Gasteiger partial charge in [-0.1, -0.05) is 0 Å². The number of carbonyl (C=O) groups excluding carboxylic acids is 1. The number of piperidine rings is 1. The summed E-state index contributed by atoms with van der Waals surface area (Å²) in [5.41, 5.74) is 0.612. The number of nitrogens with one attached hydrogen (secondary N) is 1. The Bertz CT molecular complexity index is 978. The number of hydrogen-bond donors (Lipinski definition) is 1. The molecule has 0 spiro atoms. The van der Waals surface area contributed by atoms with Crippen LogP contribution in [0.2, 0.25) is 0 Å². The minimum Gasteiger partial charge on any atom is -0.350 e. The van der Waals surface area contributed by atoms with Gasteiger partial charge in [-0.15, -0.1) is 0 Å². The van der Waals surface area contributed by atoms with E-state index in [1.165, 1.54) is 28.6 Å². The smallest absolute Gasteiger partial charge is 0.269 e. The van der Waals surface area contributed by atoms with Gasteiger partial charge in [0.2, 0.25) is 15.9 Å². The van der Waals surface area contributed by atoms with Crippen LogP contribution >= 0.6 is 0 Å². The fraction of sp³-hybridized carbons (Fsp3) is 0.444. The predicted molar refractivity (Wildman–Crippen MR) is 104 cm³/mol. The molecule has 11 heteroatoms. The molecule has 1 aliphatic heterocycles. The lowest BCUT2D eigenvalue weighted by Gasteiger charge is -2.30. The first-order chi connectivity index (χ1) is 13.8. The second-order valence-electron chi connectivity index (χ2n) is 6.81. The fourth-order valence-corrected chi connectivity index (χ4v) is 4.71. The normalized spacial score (nSPS) is 15.9. The molecule has 156 valence electrons. The maximum atomic E-state index is 12.7. The van der Waals surface area contributed by atoms with Crippen LogP contribution in [0.15, 0.2) is 41.4 Å². The number of carbonyl (C=O) groups is 1. The third kappa shape index (κ3) is 4.80. The van der Waals surface area contributed by atoms with Crippen molar-refractivity contribution in [2.45, 2.75) is 37.8 Å². The number of hydrogen-bond acceptors (Lipinski definition) is 6. The molecule has 2 heterocycles. The molecule has 0 aliphatic carbocycles. The van der Waals surface area contributed by atoms with Crippen molar-refractivity contribution in [3.05, 3.63) is 52.3 Å². The number of benzene rings is 1. The summed E-state index contributed by atoms with van der Waals surface area (Å²) < 4.78 is 28.6. The van der Waals surface area contributed by atoms with Gasteiger partial charge in [0.25, 0.3) is 5.69 Å². The highest BCUT2D eigenvalue weighted by Gasteiger charge is 2.32. The number of nitrogens with zero attached hydrogens (tertiary/aromatic N) is 4. The maximum Gasteiger partial charge on any atom is 0.269 e. The quantitative estimate of drug-likeness (QED) is 0.533. The zero-order chi connectivity index (χ0) is 21.0. The first kappa shape index (κ1) is 20.9. The van der Waals surface area contributed by atoms with Crippen LogP contribution in [0.1, 0.15) is 25.5 Å². The second-order valence-corrected chi connectivity index (χ2v) is 8.75. The lowest BCUT2D eigenvalue weighted by atomic mass is 9.97. The van der Waals surface area contributed by atoms with Gasteiger partial charge in [0.15, 0.2) is 0 Å². The van der Waals surface area contributed by atoms with Gasteiger partial charge in [0, 0.05) is 43.9 Å². The minimum atomic E-state index is -3.74. The van der Waals surface area contributed by atoms with Crippen LogP contribution in [0.3, 0.4) is 0 Å². The highest BCUT2D eigenvalue weighted by atomic mass is 32.2. The molecule has 0 radical (unpaired) electrons. The van der Waals surface area contributed by atoms with Crippen molar-refractivity contribution in [2.24, 2.45) is 5.92 Å². The number of amides is 1. The van der Waals surface area contributed by atoms with Gasteiger partial charge in [-0.2, -0.15) is 9.40 Å². The Balaban J connectivity index is 1.54. The summed E-state index contributed by atoms with van der Waals surface area (Å²) >= 11 is 0. The van der Waals surface area contributed by atoms with Crippen molar-refractivity contribution in [3.8, 4) is 0 Å². The zero-order valence-electron chi connectivity index (χ0n) is 16.0. The predicted octanol–water partition coefficient (Wildman–Crippen LogP) is 1.53. The summed E-state index contributed by atoms with van der Waals surface area (Å²) in [6.07, 6.45) is 2.69. The van der Waals surface area contributed by atoms with E-state index >= 15 is 0 Å². The van der Waals surface area contributed by atoms with E-state index in [0.29, 0.717) is 19.4 Å². The van der Waals surface area contributed by atoms with Gasteiger partial charge in [0.1, 0.15) is 0 Å². The molecule has 2 aromatic rings. The van der Waals surface area contributed by atoms with E-state index in [2.05, 4.69) is 10.4 Å². The summed E-state index contributed by atoms with van der Waals surface area (Å²) in [5.74, 6) is -0.366. The Morgan fingerprint density at radius 1 is 1.24 bits per heavy atom. The molecule has 0 bridgehead atoms. The number of aryl methyl sites for hydroxylation is 1. The van der Waals surface area contributed by atoms with Crippen LogP contribution in [0, 0.1) is 16.0 Å². The summed E-state index contributed by atoms with van der Waals surface area (Å²) in [7, 11) is -3.74. The Kier molecular flexibility index (Phi) is 6.28. The van der Waals surface area contributed by atoms with Gasteiger partial charge in [-0.05, 0) is 38.0 Å². The third-order valence-corrected chi connectivity index (χ3v) is 6.89. The van der Waals surface area contributed by atoms with E-state index < -0.39 is 14.9 Å². The standard InChI is InChI=1S/C18H23N5O5S/c1-2-21-10-9-15(20-21)13-19-18(24)14-7-11-22(12-8-14)29(27,28)17-5-3-16(4-6-17)23(25)26/h3-6,9-10,14H,2,7-8,11-13H2,1H3,(H,19,24). The van der Waals surface area contributed by atoms with E-state index in [0.717, 1.165) is 12.2 Å². The molecule has 1 amide bonds. The number of sulfonamides is 1. The van der Waals surface area contributed by atoms with Gasteiger partial charge in [-0.25, -0.2) is 8.42 Å². The lowest BCUT2D eigenvalue weighted by molar-refractivity contribution is -0.384. The van der Waals surface area contributed by atoms with Crippen LogP contribution in [0.25, 0.3) is 0 Å². The van der Waals surface area contributed by atoms with Crippen LogP contribution < -0.4 is 5.32 Å². The van der Waals surface area contributed by atoms with Crippen LogP contribution in [0.5, 0.6) is 0 Å². The molecule has 1 saturated heterocycles. The number of nitro benzene ring substituents is 1. The Labute approximate surface area is 168 Å². The molecule has 29 heavy (non-hydrogen) atoms. The molecule has 10 nitrogen and oxygen atoms in total. The molecule has 0 saturated carbocycles. The fourth-order valence-electron chi connectivity index (χ4n) is 3.24. The van der Waals surface area contributed by atoms with E-state index in [-0.39, 0.29) is 35.5 Å².